The van der Waals surface area contributed by atoms with Gasteiger partial charge >= 0.3 is 0 Å². The van der Waals surface area contributed by atoms with E-state index >= 15 is 0 Å². The Balaban J connectivity index is 1.33. The summed E-state index contributed by atoms with van der Waals surface area (Å²) < 4.78 is 7.72. The number of aliphatic hydroxyl groups excluding tert-OH is 1. The molecule has 0 bridgehead atoms. The summed E-state index contributed by atoms with van der Waals surface area (Å²) in [7, 11) is 0. The van der Waals surface area contributed by atoms with Crippen molar-refractivity contribution in [1.29, 1.82) is 0 Å². The molecule has 0 spiro atoms. The van der Waals surface area contributed by atoms with Crippen molar-refractivity contribution in [1.82, 2.24) is 19.5 Å². The largest absolute Gasteiger partial charge is 0.491 e. The Hall–Kier alpha value is -2.15. The molecular formula is C20H23ClN4O2. The Morgan fingerprint density at radius 2 is 2.04 bits per heavy atom. The highest BCUT2D eigenvalue weighted by Crippen LogP contribution is 2.26. The van der Waals surface area contributed by atoms with Crippen LogP contribution >= 0.6 is 11.6 Å². The quantitative estimate of drug-likeness (QED) is 0.705. The molecule has 7 heteroatoms. The molecule has 2 aromatic heterocycles. The minimum Gasteiger partial charge on any atom is -0.491 e. The van der Waals surface area contributed by atoms with Crippen LogP contribution in [-0.2, 0) is 0 Å². The number of pyridine rings is 1. The maximum atomic E-state index is 10.4. The first-order chi connectivity index (χ1) is 13.2. The van der Waals surface area contributed by atoms with Crippen molar-refractivity contribution >= 4 is 17.2 Å². The van der Waals surface area contributed by atoms with Crippen LogP contribution in [0.2, 0.25) is 5.02 Å². The van der Waals surface area contributed by atoms with Crippen molar-refractivity contribution in [3.05, 3.63) is 59.5 Å². The first-order valence-corrected chi connectivity index (χ1v) is 9.65. The van der Waals surface area contributed by atoms with Gasteiger partial charge < -0.3 is 9.84 Å². The van der Waals surface area contributed by atoms with E-state index in [1.807, 2.05) is 36.5 Å². The van der Waals surface area contributed by atoms with Gasteiger partial charge in [0.1, 0.15) is 24.3 Å². The van der Waals surface area contributed by atoms with Crippen LogP contribution in [0, 0.1) is 0 Å². The number of β-amino-alcohol motifs (C(OH)–C–C–N with tert-alkyl or cyclic N) is 1. The lowest BCUT2D eigenvalue weighted by Crippen LogP contribution is -2.41. The van der Waals surface area contributed by atoms with Crippen molar-refractivity contribution < 1.29 is 9.84 Å². The second kappa shape index (κ2) is 8.25. The molecule has 1 saturated heterocycles. The normalized spacial score (nSPS) is 19.3. The molecule has 0 radical (unpaired) electrons. The third-order valence-electron chi connectivity index (χ3n) is 4.94. The van der Waals surface area contributed by atoms with Gasteiger partial charge in [-0.3, -0.25) is 9.30 Å². The average Bonchev–Trinajstić information content (AvgIpc) is 3.12. The number of rotatable bonds is 6. The molecule has 27 heavy (non-hydrogen) atoms. The molecule has 1 aromatic carbocycles. The predicted octanol–water partition coefficient (Wildman–Crippen LogP) is 3.00. The second-order valence-electron chi connectivity index (χ2n) is 7.00. The van der Waals surface area contributed by atoms with Crippen molar-refractivity contribution in [3.63, 3.8) is 0 Å². The molecule has 0 saturated carbocycles. The van der Waals surface area contributed by atoms with Crippen molar-refractivity contribution in [3.8, 4) is 5.75 Å². The molecule has 1 aliphatic heterocycles. The number of fused-ring (bicyclic) bond motifs is 1. The van der Waals surface area contributed by atoms with Crippen LogP contribution in [0.25, 0.3) is 5.65 Å². The number of benzene rings is 1. The maximum absolute atomic E-state index is 10.4. The number of aliphatic hydroxyl groups is 1. The Labute approximate surface area is 163 Å². The number of piperidine rings is 1. The van der Waals surface area contributed by atoms with E-state index in [-0.39, 0.29) is 6.61 Å². The molecule has 1 N–H and O–H groups in total. The maximum Gasteiger partial charge on any atom is 0.160 e. The van der Waals surface area contributed by atoms with Crippen LogP contribution < -0.4 is 4.74 Å². The molecule has 3 aromatic rings. The summed E-state index contributed by atoms with van der Waals surface area (Å²) in [6.07, 6.45) is 3.63. The number of hydrogen-bond donors (Lipinski definition) is 1. The highest BCUT2D eigenvalue weighted by molar-refractivity contribution is 6.30. The zero-order chi connectivity index (χ0) is 18.6. The monoisotopic (exact) mass is 386 g/mol. The minimum absolute atomic E-state index is 0.261. The average molecular weight is 387 g/mol. The van der Waals surface area contributed by atoms with E-state index in [2.05, 4.69) is 19.5 Å². The summed E-state index contributed by atoms with van der Waals surface area (Å²) in [5.41, 5.74) is 0.876. The molecule has 0 unspecified atom stereocenters. The lowest BCUT2D eigenvalue weighted by molar-refractivity contribution is 0.0577. The van der Waals surface area contributed by atoms with Crippen LogP contribution in [0.5, 0.6) is 5.75 Å². The van der Waals surface area contributed by atoms with Gasteiger partial charge in [-0.15, -0.1) is 10.2 Å². The zero-order valence-corrected chi connectivity index (χ0v) is 15.8. The standard InChI is InChI=1S/C20H23ClN4O2/c21-16-6-8-18(9-7-16)27-14-17(26)13-24-10-3-4-15(12-24)20-23-22-19-5-1-2-11-25(19)20/h1-2,5-9,11,15,17,26H,3-4,10,12-14H2/t15-,17-/m0/s1. The van der Waals surface area contributed by atoms with Gasteiger partial charge in [-0.05, 0) is 55.8 Å². The van der Waals surface area contributed by atoms with Crippen LogP contribution in [-0.4, -0.2) is 56.9 Å². The number of halogens is 1. The van der Waals surface area contributed by atoms with E-state index in [1.165, 1.54) is 0 Å². The first kappa shape index (κ1) is 18.2. The third kappa shape index (κ3) is 4.40. The van der Waals surface area contributed by atoms with Gasteiger partial charge in [0.05, 0.1) is 0 Å². The lowest BCUT2D eigenvalue weighted by Gasteiger charge is -2.33. The molecule has 6 nitrogen and oxygen atoms in total. The van der Waals surface area contributed by atoms with Crippen LogP contribution in [0.4, 0.5) is 0 Å². The van der Waals surface area contributed by atoms with E-state index in [0.29, 0.717) is 23.2 Å². The number of ether oxygens (including phenoxy) is 1. The topological polar surface area (TPSA) is 62.9 Å². The van der Waals surface area contributed by atoms with Crippen LogP contribution in [0.15, 0.2) is 48.7 Å². The highest BCUT2D eigenvalue weighted by atomic mass is 35.5. The number of likely N-dealkylation sites (tertiary alicyclic amines) is 1. The number of aromatic nitrogens is 3. The molecule has 142 valence electrons. The summed E-state index contributed by atoms with van der Waals surface area (Å²) >= 11 is 5.87. The van der Waals surface area contributed by atoms with E-state index in [9.17, 15) is 5.11 Å². The smallest absolute Gasteiger partial charge is 0.160 e. The summed E-state index contributed by atoms with van der Waals surface area (Å²) in [5.74, 6) is 2.03. The molecule has 1 aliphatic rings. The molecule has 0 amide bonds. The fourth-order valence-corrected chi connectivity index (χ4v) is 3.77. The molecule has 3 heterocycles. The summed E-state index contributed by atoms with van der Waals surface area (Å²) in [6, 6.07) is 13.1. The molecular weight excluding hydrogens is 364 g/mol. The molecule has 1 fully saturated rings. The van der Waals surface area contributed by atoms with E-state index in [1.54, 1.807) is 12.1 Å². The number of hydrogen-bond acceptors (Lipinski definition) is 5. The van der Waals surface area contributed by atoms with Gasteiger partial charge in [-0.2, -0.15) is 0 Å². The Morgan fingerprint density at radius 3 is 2.89 bits per heavy atom. The molecule has 0 aliphatic carbocycles. The second-order valence-corrected chi connectivity index (χ2v) is 7.44. The summed E-state index contributed by atoms with van der Waals surface area (Å²) in [4.78, 5) is 2.29. The van der Waals surface area contributed by atoms with Crippen LogP contribution in [0.1, 0.15) is 24.6 Å². The lowest BCUT2D eigenvalue weighted by atomic mass is 9.97. The van der Waals surface area contributed by atoms with Gasteiger partial charge in [-0.1, -0.05) is 17.7 Å². The predicted molar refractivity (Wildman–Crippen MR) is 104 cm³/mol. The Kier molecular flexibility index (Phi) is 5.57. The van der Waals surface area contributed by atoms with Crippen molar-refractivity contribution in [2.75, 3.05) is 26.2 Å². The van der Waals surface area contributed by atoms with Crippen molar-refractivity contribution in [2.45, 2.75) is 24.9 Å². The van der Waals surface area contributed by atoms with Gasteiger partial charge in [0.25, 0.3) is 0 Å². The van der Waals surface area contributed by atoms with E-state index in [4.69, 9.17) is 16.3 Å². The molecule has 4 rings (SSSR count). The van der Waals surface area contributed by atoms with Gasteiger partial charge in [0.2, 0.25) is 0 Å². The Bertz CT molecular complexity index is 883. The van der Waals surface area contributed by atoms with Crippen molar-refractivity contribution in [2.24, 2.45) is 0 Å². The number of nitrogens with zero attached hydrogens (tertiary/aromatic N) is 4. The summed E-state index contributed by atoms with van der Waals surface area (Å²) in [6.45, 7) is 2.69. The Morgan fingerprint density at radius 1 is 1.19 bits per heavy atom. The van der Waals surface area contributed by atoms with E-state index in [0.717, 1.165) is 37.4 Å². The SMILES string of the molecule is O[C@H](COc1ccc(Cl)cc1)CN1CCC[C@H](c2nnc3ccccn23)C1. The zero-order valence-electron chi connectivity index (χ0n) is 15.0. The fourth-order valence-electron chi connectivity index (χ4n) is 3.64. The molecule has 2 atom stereocenters. The van der Waals surface area contributed by atoms with Crippen LogP contribution in [0.3, 0.4) is 0 Å². The van der Waals surface area contributed by atoms with E-state index < -0.39 is 6.10 Å². The third-order valence-corrected chi connectivity index (χ3v) is 5.19. The van der Waals surface area contributed by atoms with Gasteiger partial charge in [0.15, 0.2) is 5.65 Å². The van der Waals surface area contributed by atoms with Gasteiger partial charge in [-0.25, -0.2) is 0 Å². The highest BCUT2D eigenvalue weighted by Gasteiger charge is 2.26. The minimum atomic E-state index is -0.547. The first-order valence-electron chi connectivity index (χ1n) is 9.27. The summed E-state index contributed by atoms with van der Waals surface area (Å²) in [5, 5.41) is 19.7. The van der Waals surface area contributed by atoms with Gasteiger partial charge in [0, 0.05) is 30.2 Å². The fraction of sp³-hybridized carbons (Fsp3) is 0.400.